The zero-order valence-electron chi connectivity index (χ0n) is 13.6. The summed E-state index contributed by atoms with van der Waals surface area (Å²) in [7, 11) is 0. The van der Waals surface area contributed by atoms with Crippen LogP contribution in [0.15, 0.2) is 47.8 Å². The van der Waals surface area contributed by atoms with Crippen molar-refractivity contribution < 1.29 is 9.59 Å². The van der Waals surface area contributed by atoms with Crippen LogP contribution in [-0.2, 0) is 16.0 Å². The molecule has 2 heterocycles. The SMILES string of the molecule is Cc1ccc(-c2csc(NC(=O)CNC(=O)Cc3ccccc3)n2)s1. The minimum atomic E-state index is -0.287. The van der Waals surface area contributed by atoms with Gasteiger partial charge in [-0.05, 0) is 24.6 Å². The number of thiophene rings is 1. The molecule has 128 valence electrons. The monoisotopic (exact) mass is 371 g/mol. The minimum Gasteiger partial charge on any atom is -0.347 e. The van der Waals surface area contributed by atoms with Crippen molar-refractivity contribution >= 4 is 39.6 Å². The molecular formula is C18H17N3O2S2. The number of thiazole rings is 1. The number of amides is 2. The van der Waals surface area contributed by atoms with Gasteiger partial charge in [0.05, 0.1) is 23.5 Å². The Morgan fingerprint density at radius 3 is 2.60 bits per heavy atom. The van der Waals surface area contributed by atoms with E-state index in [4.69, 9.17) is 0 Å². The number of nitrogens with zero attached hydrogens (tertiary/aromatic N) is 1. The summed E-state index contributed by atoms with van der Waals surface area (Å²) in [5, 5.41) is 7.78. The number of nitrogens with one attached hydrogen (secondary N) is 2. The molecule has 0 radical (unpaired) electrons. The molecule has 0 aliphatic heterocycles. The molecule has 0 aliphatic carbocycles. The van der Waals surface area contributed by atoms with E-state index in [1.807, 2.05) is 54.8 Å². The van der Waals surface area contributed by atoms with E-state index in [1.165, 1.54) is 16.2 Å². The number of hydrogen-bond acceptors (Lipinski definition) is 5. The molecule has 0 bridgehead atoms. The van der Waals surface area contributed by atoms with Crippen LogP contribution in [0.4, 0.5) is 5.13 Å². The van der Waals surface area contributed by atoms with Crippen LogP contribution in [0.2, 0.25) is 0 Å². The summed E-state index contributed by atoms with van der Waals surface area (Å²) < 4.78 is 0. The molecule has 0 saturated carbocycles. The topological polar surface area (TPSA) is 71.1 Å². The van der Waals surface area contributed by atoms with Crippen molar-refractivity contribution in [2.24, 2.45) is 0 Å². The normalized spacial score (nSPS) is 10.4. The fourth-order valence-corrected chi connectivity index (χ4v) is 3.83. The second-order valence-corrected chi connectivity index (χ2v) is 7.58. The maximum Gasteiger partial charge on any atom is 0.245 e. The van der Waals surface area contributed by atoms with Gasteiger partial charge in [0.25, 0.3) is 0 Å². The Bertz CT molecular complexity index is 871. The average molecular weight is 371 g/mol. The molecule has 0 spiro atoms. The molecule has 3 rings (SSSR count). The Morgan fingerprint density at radius 2 is 1.88 bits per heavy atom. The van der Waals surface area contributed by atoms with Gasteiger partial charge in [-0.3, -0.25) is 9.59 Å². The van der Waals surface area contributed by atoms with Crippen LogP contribution in [0.25, 0.3) is 10.6 Å². The van der Waals surface area contributed by atoms with E-state index in [-0.39, 0.29) is 24.8 Å². The summed E-state index contributed by atoms with van der Waals surface area (Å²) in [6, 6.07) is 13.5. The lowest BCUT2D eigenvalue weighted by atomic mass is 10.1. The van der Waals surface area contributed by atoms with Crippen LogP contribution < -0.4 is 10.6 Å². The van der Waals surface area contributed by atoms with Gasteiger partial charge >= 0.3 is 0 Å². The minimum absolute atomic E-state index is 0.0707. The van der Waals surface area contributed by atoms with Crippen molar-refractivity contribution in [2.45, 2.75) is 13.3 Å². The Labute approximate surface area is 153 Å². The third-order valence-electron chi connectivity index (χ3n) is 3.40. The molecule has 0 unspecified atom stereocenters. The number of aromatic nitrogens is 1. The highest BCUT2D eigenvalue weighted by molar-refractivity contribution is 7.17. The second-order valence-electron chi connectivity index (χ2n) is 5.44. The Kier molecular flexibility index (Phi) is 5.57. The highest BCUT2D eigenvalue weighted by Gasteiger charge is 2.10. The number of carbonyl (C=O) groups excluding carboxylic acids is 2. The van der Waals surface area contributed by atoms with Crippen molar-refractivity contribution in [3.63, 3.8) is 0 Å². The van der Waals surface area contributed by atoms with Crippen molar-refractivity contribution in [1.82, 2.24) is 10.3 Å². The van der Waals surface area contributed by atoms with Gasteiger partial charge in [0.2, 0.25) is 11.8 Å². The summed E-state index contributed by atoms with van der Waals surface area (Å²) >= 11 is 3.03. The highest BCUT2D eigenvalue weighted by atomic mass is 32.1. The Morgan fingerprint density at radius 1 is 1.08 bits per heavy atom. The molecule has 25 heavy (non-hydrogen) atoms. The molecular weight excluding hydrogens is 354 g/mol. The molecule has 0 fully saturated rings. The zero-order chi connectivity index (χ0) is 17.6. The number of anilines is 1. The van der Waals surface area contributed by atoms with Gasteiger partial charge in [0.15, 0.2) is 5.13 Å². The largest absolute Gasteiger partial charge is 0.347 e. The molecule has 0 saturated heterocycles. The quantitative estimate of drug-likeness (QED) is 0.697. The van der Waals surface area contributed by atoms with E-state index in [0.717, 1.165) is 16.1 Å². The zero-order valence-corrected chi connectivity index (χ0v) is 15.2. The van der Waals surface area contributed by atoms with Gasteiger partial charge in [-0.25, -0.2) is 4.98 Å². The van der Waals surface area contributed by atoms with Gasteiger partial charge in [-0.1, -0.05) is 30.3 Å². The molecule has 5 nitrogen and oxygen atoms in total. The lowest BCUT2D eigenvalue weighted by molar-refractivity contribution is -0.123. The first-order valence-electron chi connectivity index (χ1n) is 7.73. The van der Waals surface area contributed by atoms with Crippen LogP contribution in [0, 0.1) is 6.92 Å². The van der Waals surface area contributed by atoms with Crippen LogP contribution in [0.1, 0.15) is 10.4 Å². The first-order chi connectivity index (χ1) is 12.1. The molecule has 0 aliphatic rings. The molecule has 7 heteroatoms. The van der Waals surface area contributed by atoms with Gasteiger partial charge in [-0.15, -0.1) is 22.7 Å². The van der Waals surface area contributed by atoms with E-state index in [0.29, 0.717) is 5.13 Å². The van der Waals surface area contributed by atoms with Gasteiger partial charge in [-0.2, -0.15) is 0 Å². The van der Waals surface area contributed by atoms with Crippen LogP contribution in [0.5, 0.6) is 0 Å². The molecule has 1 aromatic carbocycles. The molecule has 3 aromatic rings. The number of hydrogen-bond donors (Lipinski definition) is 2. The molecule has 2 amide bonds. The number of benzene rings is 1. The van der Waals surface area contributed by atoms with Crippen molar-refractivity contribution in [3.8, 4) is 10.6 Å². The third kappa shape index (κ3) is 4.98. The fourth-order valence-electron chi connectivity index (χ4n) is 2.20. The number of carbonyl (C=O) groups is 2. The lowest BCUT2D eigenvalue weighted by Gasteiger charge is -2.05. The summed E-state index contributed by atoms with van der Waals surface area (Å²) in [5.41, 5.74) is 1.77. The first-order valence-corrected chi connectivity index (χ1v) is 9.42. The summed E-state index contributed by atoms with van der Waals surface area (Å²) in [6.45, 7) is 1.97. The predicted octanol–water partition coefficient (Wildman–Crippen LogP) is 3.48. The van der Waals surface area contributed by atoms with Crippen molar-refractivity contribution in [1.29, 1.82) is 0 Å². The summed E-state index contributed by atoms with van der Waals surface area (Å²) in [4.78, 5) is 30.5. The van der Waals surface area contributed by atoms with Gasteiger partial charge < -0.3 is 10.6 Å². The fraction of sp³-hybridized carbons (Fsp3) is 0.167. The Balaban J connectivity index is 1.48. The van der Waals surface area contributed by atoms with Crippen molar-refractivity contribution in [2.75, 3.05) is 11.9 Å². The van der Waals surface area contributed by atoms with Gasteiger partial charge in [0, 0.05) is 10.3 Å². The molecule has 2 aromatic heterocycles. The molecule has 0 atom stereocenters. The van der Waals surface area contributed by atoms with E-state index in [1.54, 1.807) is 11.3 Å². The summed E-state index contributed by atoms with van der Waals surface area (Å²) in [5.74, 6) is -0.472. The number of rotatable bonds is 6. The van der Waals surface area contributed by atoms with Crippen LogP contribution in [0.3, 0.4) is 0 Å². The second kappa shape index (κ2) is 8.04. The van der Waals surface area contributed by atoms with E-state index >= 15 is 0 Å². The first kappa shape index (κ1) is 17.3. The smallest absolute Gasteiger partial charge is 0.245 e. The molecule has 2 N–H and O–H groups in total. The predicted molar refractivity (Wildman–Crippen MR) is 102 cm³/mol. The lowest BCUT2D eigenvalue weighted by Crippen LogP contribution is -2.33. The maximum absolute atomic E-state index is 12.0. The maximum atomic E-state index is 12.0. The van der Waals surface area contributed by atoms with Crippen LogP contribution >= 0.6 is 22.7 Å². The third-order valence-corrected chi connectivity index (χ3v) is 5.18. The number of aryl methyl sites for hydroxylation is 1. The Hall–Kier alpha value is -2.51. The van der Waals surface area contributed by atoms with Crippen molar-refractivity contribution in [3.05, 3.63) is 58.3 Å². The van der Waals surface area contributed by atoms with E-state index in [9.17, 15) is 9.59 Å². The highest BCUT2D eigenvalue weighted by Crippen LogP contribution is 2.30. The average Bonchev–Trinajstić information content (AvgIpc) is 3.23. The van der Waals surface area contributed by atoms with Crippen LogP contribution in [-0.4, -0.2) is 23.3 Å². The summed E-state index contributed by atoms with van der Waals surface area (Å²) in [6.07, 6.45) is 0.257. The van der Waals surface area contributed by atoms with E-state index in [2.05, 4.69) is 15.6 Å². The van der Waals surface area contributed by atoms with Gasteiger partial charge in [0.1, 0.15) is 0 Å². The van der Waals surface area contributed by atoms with E-state index < -0.39 is 0 Å². The standard InChI is InChI=1S/C18H17N3O2S2/c1-12-7-8-15(25-12)14-11-24-18(20-14)21-17(23)10-19-16(22)9-13-5-3-2-4-6-13/h2-8,11H,9-10H2,1H3,(H,19,22)(H,20,21,23).